The van der Waals surface area contributed by atoms with Gasteiger partial charge in [0.2, 0.25) is 5.91 Å². The summed E-state index contributed by atoms with van der Waals surface area (Å²) in [5.74, 6) is 0.769. The fourth-order valence-electron chi connectivity index (χ4n) is 2.83. The number of rotatable bonds is 7. The van der Waals surface area contributed by atoms with Gasteiger partial charge in [-0.05, 0) is 42.7 Å². The Morgan fingerprint density at radius 3 is 2.46 bits per heavy atom. The maximum absolute atomic E-state index is 12.3. The van der Waals surface area contributed by atoms with E-state index in [9.17, 15) is 4.79 Å². The highest BCUT2D eigenvalue weighted by Crippen LogP contribution is 2.28. The van der Waals surface area contributed by atoms with Gasteiger partial charge in [-0.3, -0.25) is 4.79 Å². The number of thioether (sulfide) groups is 1. The Morgan fingerprint density at radius 1 is 1.14 bits per heavy atom. The first-order valence-corrected chi connectivity index (χ1v) is 11.0. The molecule has 0 unspecified atom stereocenters. The van der Waals surface area contributed by atoms with Crippen LogP contribution in [0.2, 0.25) is 0 Å². The first-order valence-electron chi connectivity index (χ1n) is 9.23. The molecule has 0 spiro atoms. The van der Waals surface area contributed by atoms with Crippen LogP contribution in [0.25, 0.3) is 11.3 Å². The smallest absolute Gasteiger partial charge is 0.234 e. The Morgan fingerprint density at radius 2 is 1.82 bits per heavy atom. The number of aryl methyl sites for hydroxylation is 1. The van der Waals surface area contributed by atoms with E-state index in [0.717, 1.165) is 33.1 Å². The van der Waals surface area contributed by atoms with Gasteiger partial charge in [0.15, 0.2) is 5.16 Å². The third kappa shape index (κ3) is 5.49. The van der Waals surface area contributed by atoms with Crippen LogP contribution in [0.4, 0.5) is 5.69 Å². The van der Waals surface area contributed by atoms with Gasteiger partial charge in [0, 0.05) is 16.7 Å². The second kappa shape index (κ2) is 9.43. The monoisotopic (exact) mass is 457 g/mol. The van der Waals surface area contributed by atoms with Crippen molar-refractivity contribution < 1.29 is 4.79 Å². The van der Waals surface area contributed by atoms with E-state index in [0.29, 0.717) is 11.7 Å². The van der Waals surface area contributed by atoms with Crippen LogP contribution in [-0.4, -0.2) is 21.2 Å². The molecule has 2 aromatic carbocycles. The Labute approximate surface area is 178 Å². The fourth-order valence-corrected chi connectivity index (χ4v) is 3.88. The highest BCUT2D eigenvalue weighted by molar-refractivity contribution is 9.10. The normalized spacial score (nSPS) is 11.0. The Bertz CT molecular complexity index is 933. The van der Waals surface area contributed by atoms with Gasteiger partial charge in [-0.25, -0.2) is 4.98 Å². The highest BCUT2D eigenvalue weighted by Gasteiger charge is 2.15. The molecule has 0 saturated carbocycles. The number of hydrogen-bond donors (Lipinski definition) is 1. The Kier molecular flexibility index (Phi) is 6.97. The zero-order chi connectivity index (χ0) is 20.1. The third-order valence-electron chi connectivity index (χ3n) is 4.17. The molecule has 28 heavy (non-hydrogen) atoms. The van der Waals surface area contributed by atoms with E-state index in [4.69, 9.17) is 0 Å². The van der Waals surface area contributed by atoms with Crippen molar-refractivity contribution in [1.82, 2.24) is 9.55 Å². The number of carbonyl (C=O) groups is 1. The number of carbonyl (C=O) groups excluding carboxylic acids is 1. The molecule has 4 nitrogen and oxygen atoms in total. The first kappa shape index (κ1) is 20.7. The second-order valence-corrected chi connectivity index (χ2v) is 9.00. The molecule has 3 aromatic rings. The minimum absolute atomic E-state index is 0.0295. The fraction of sp³-hybridized carbons (Fsp3) is 0.273. The predicted molar refractivity (Wildman–Crippen MR) is 121 cm³/mol. The maximum Gasteiger partial charge on any atom is 0.234 e. The standard InChI is InChI=1S/C22H24BrN3OS/c1-15(2)13-26-20(17-6-8-18(23)9-7-17)12-24-22(26)28-14-21(27)25-19-10-4-16(3)5-11-19/h4-12,15H,13-14H2,1-3H3,(H,25,27). The van der Waals surface area contributed by atoms with Crippen molar-refractivity contribution in [3.05, 3.63) is 64.8 Å². The average molecular weight is 458 g/mol. The summed E-state index contributed by atoms with van der Waals surface area (Å²) >= 11 is 4.95. The van der Waals surface area contributed by atoms with Crippen LogP contribution >= 0.6 is 27.7 Å². The zero-order valence-electron chi connectivity index (χ0n) is 16.3. The van der Waals surface area contributed by atoms with Crippen LogP contribution in [0.1, 0.15) is 19.4 Å². The van der Waals surface area contributed by atoms with Crippen molar-refractivity contribution in [1.29, 1.82) is 0 Å². The molecule has 0 saturated heterocycles. The number of nitrogens with zero attached hydrogens (tertiary/aromatic N) is 2. The number of amides is 1. The molecule has 0 aliphatic heterocycles. The molecular formula is C22H24BrN3OS. The van der Waals surface area contributed by atoms with E-state index in [2.05, 4.69) is 56.8 Å². The van der Waals surface area contributed by atoms with Gasteiger partial charge in [-0.1, -0.05) is 71.4 Å². The topological polar surface area (TPSA) is 46.9 Å². The zero-order valence-corrected chi connectivity index (χ0v) is 18.7. The summed E-state index contributed by atoms with van der Waals surface area (Å²) in [6, 6.07) is 16.0. The first-order chi connectivity index (χ1) is 13.4. The lowest BCUT2D eigenvalue weighted by molar-refractivity contribution is -0.113. The number of imidazole rings is 1. The van der Waals surface area contributed by atoms with Crippen LogP contribution in [0.3, 0.4) is 0 Å². The minimum Gasteiger partial charge on any atom is -0.325 e. The number of benzene rings is 2. The molecular weight excluding hydrogens is 434 g/mol. The molecule has 0 atom stereocenters. The van der Waals surface area contributed by atoms with Crippen molar-refractivity contribution in [3.63, 3.8) is 0 Å². The molecule has 1 amide bonds. The maximum atomic E-state index is 12.3. The number of anilines is 1. The number of halogens is 1. The van der Waals surface area contributed by atoms with Crippen molar-refractivity contribution in [2.75, 3.05) is 11.1 Å². The van der Waals surface area contributed by atoms with E-state index in [1.165, 1.54) is 17.3 Å². The summed E-state index contributed by atoms with van der Waals surface area (Å²) in [6.45, 7) is 7.25. The van der Waals surface area contributed by atoms with Crippen molar-refractivity contribution in [3.8, 4) is 11.3 Å². The number of nitrogens with one attached hydrogen (secondary N) is 1. The largest absolute Gasteiger partial charge is 0.325 e. The SMILES string of the molecule is Cc1ccc(NC(=O)CSc2ncc(-c3ccc(Br)cc3)n2CC(C)C)cc1. The lowest BCUT2D eigenvalue weighted by atomic mass is 10.1. The molecule has 0 fully saturated rings. The van der Waals surface area contributed by atoms with Crippen LogP contribution in [-0.2, 0) is 11.3 Å². The van der Waals surface area contributed by atoms with Crippen LogP contribution in [0.5, 0.6) is 0 Å². The van der Waals surface area contributed by atoms with Gasteiger partial charge >= 0.3 is 0 Å². The summed E-state index contributed by atoms with van der Waals surface area (Å²) in [5.41, 5.74) is 4.18. The summed E-state index contributed by atoms with van der Waals surface area (Å²) in [6.07, 6.45) is 1.89. The van der Waals surface area contributed by atoms with Gasteiger partial charge in [-0.15, -0.1) is 0 Å². The summed E-state index contributed by atoms with van der Waals surface area (Å²) in [7, 11) is 0. The summed E-state index contributed by atoms with van der Waals surface area (Å²) in [5, 5.41) is 3.81. The third-order valence-corrected chi connectivity index (χ3v) is 5.69. The summed E-state index contributed by atoms with van der Waals surface area (Å²) in [4.78, 5) is 16.9. The van der Waals surface area contributed by atoms with Gasteiger partial charge in [-0.2, -0.15) is 0 Å². The lowest BCUT2D eigenvalue weighted by Crippen LogP contribution is -2.15. The van der Waals surface area contributed by atoms with E-state index < -0.39 is 0 Å². The van der Waals surface area contributed by atoms with E-state index in [1.807, 2.05) is 49.5 Å². The molecule has 0 radical (unpaired) electrons. The summed E-state index contributed by atoms with van der Waals surface area (Å²) < 4.78 is 3.26. The van der Waals surface area contributed by atoms with Gasteiger partial charge in [0.05, 0.1) is 17.6 Å². The molecule has 0 aliphatic carbocycles. The molecule has 6 heteroatoms. The lowest BCUT2D eigenvalue weighted by Gasteiger charge is -2.14. The molecule has 0 bridgehead atoms. The minimum atomic E-state index is -0.0295. The van der Waals surface area contributed by atoms with Crippen LogP contribution in [0, 0.1) is 12.8 Å². The highest BCUT2D eigenvalue weighted by atomic mass is 79.9. The van der Waals surface area contributed by atoms with Crippen LogP contribution < -0.4 is 5.32 Å². The quantitative estimate of drug-likeness (QED) is 0.441. The van der Waals surface area contributed by atoms with E-state index >= 15 is 0 Å². The van der Waals surface area contributed by atoms with Crippen molar-refractivity contribution >= 4 is 39.3 Å². The Hall–Kier alpha value is -2.05. The van der Waals surface area contributed by atoms with Gasteiger partial charge in [0.25, 0.3) is 0 Å². The van der Waals surface area contributed by atoms with Crippen molar-refractivity contribution in [2.24, 2.45) is 5.92 Å². The van der Waals surface area contributed by atoms with Gasteiger partial charge in [0.1, 0.15) is 0 Å². The molecule has 146 valence electrons. The molecule has 0 aliphatic rings. The van der Waals surface area contributed by atoms with Crippen molar-refractivity contribution in [2.45, 2.75) is 32.5 Å². The second-order valence-electron chi connectivity index (χ2n) is 7.14. The molecule has 1 N–H and O–H groups in total. The molecule has 1 heterocycles. The Balaban J connectivity index is 1.73. The van der Waals surface area contributed by atoms with E-state index in [-0.39, 0.29) is 5.91 Å². The van der Waals surface area contributed by atoms with Crippen LogP contribution in [0.15, 0.2) is 64.4 Å². The predicted octanol–water partition coefficient (Wildman–Crippen LogP) is 6.01. The molecule has 3 rings (SSSR count). The number of hydrogen-bond acceptors (Lipinski definition) is 3. The molecule has 1 aromatic heterocycles. The van der Waals surface area contributed by atoms with Gasteiger partial charge < -0.3 is 9.88 Å². The number of aromatic nitrogens is 2. The average Bonchev–Trinajstić information content (AvgIpc) is 3.04. The van der Waals surface area contributed by atoms with E-state index in [1.54, 1.807) is 0 Å².